The molecule has 0 atom stereocenters. The molecule has 0 spiro atoms. The molecular formula is C16H40N2O3SSi+2. The molecule has 0 bridgehead atoms. The maximum Gasteiger partial charge on any atom is 0.500 e. The molecule has 0 fully saturated rings. The molecule has 0 aromatic carbocycles. The Labute approximate surface area is 149 Å². The van der Waals surface area contributed by atoms with Gasteiger partial charge in [0.25, 0.3) is 0 Å². The topological polar surface area (TPSA) is 27.7 Å². The van der Waals surface area contributed by atoms with Crippen LogP contribution in [0, 0.1) is 0 Å². The predicted octanol–water partition coefficient (Wildman–Crippen LogP) is 2.16. The van der Waals surface area contributed by atoms with Crippen LogP contribution in [0.1, 0.15) is 12.8 Å². The van der Waals surface area contributed by atoms with Gasteiger partial charge in [-0.2, -0.15) is 11.8 Å². The van der Waals surface area contributed by atoms with E-state index in [9.17, 15) is 0 Å². The first-order valence-electron chi connectivity index (χ1n) is 8.45. The van der Waals surface area contributed by atoms with E-state index in [1.165, 1.54) is 31.8 Å². The second-order valence-corrected chi connectivity index (χ2v) is 12.1. The molecule has 0 aliphatic carbocycles. The summed E-state index contributed by atoms with van der Waals surface area (Å²) in [5.41, 5.74) is 0. The number of quaternary nitrogens is 2. The Morgan fingerprint density at radius 2 is 1.26 bits per heavy atom. The van der Waals surface area contributed by atoms with Crippen molar-refractivity contribution in [3.05, 3.63) is 0 Å². The average molecular weight is 369 g/mol. The highest BCUT2D eigenvalue weighted by molar-refractivity contribution is 7.99. The third-order valence-electron chi connectivity index (χ3n) is 4.13. The van der Waals surface area contributed by atoms with E-state index < -0.39 is 8.80 Å². The number of likely N-dealkylation sites (N-methyl/N-ethyl adjacent to an activating group) is 2. The van der Waals surface area contributed by atoms with Crippen molar-refractivity contribution in [2.75, 3.05) is 87.7 Å². The van der Waals surface area contributed by atoms with Gasteiger partial charge in [0.1, 0.15) is 13.1 Å². The van der Waals surface area contributed by atoms with Crippen LogP contribution in [-0.2, 0) is 13.3 Å². The highest BCUT2D eigenvalue weighted by Gasteiger charge is 2.36. The molecule has 0 radical (unpaired) electrons. The van der Waals surface area contributed by atoms with Crippen molar-refractivity contribution < 1.29 is 22.2 Å². The standard InChI is InChI=1S/C16H40N2O3SSi/c1-17(2,3)12-13-18(4,5)11-9-14-22-15-10-16-23(19-6,20-7)21-8/h9-16H2,1-8H3/q+2. The Hall–Kier alpha value is 0.367. The monoisotopic (exact) mass is 368 g/mol. The molecule has 0 aromatic rings. The molecule has 0 N–H and O–H groups in total. The quantitative estimate of drug-likeness (QED) is 0.267. The second-order valence-electron chi connectivity index (χ2n) is 7.76. The van der Waals surface area contributed by atoms with Crippen LogP contribution in [0.15, 0.2) is 0 Å². The summed E-state index contributed by atoms with van der Waals surface area (Å²) in [7, 11) is 14.2. The molecule has 0 aliphatic rings. The van der Waals surface area contributed by atoms with E-state index in [2.05, 4.69) is 35.2 Å². The molecule has 0 saturated heterocycles. The highest BCUT2D eigenvalue weighted by Crippen LogP contribution is 2.17. The Balaban J connectivity index is 3.76. The minimum atomic E-state index is -2.36. The summed E-state index contributed by atoms with van der Waals surface area (Å²) in [6, 6.07) is 0.897. The molecule has 0 amide bonds. The van der Waals surface area contributed by atoms with E-state index in [4.69, 9.17) is 13.3 Å². The van der Waals surface area contributed by atoms with Gasteiger partial charge < -0.3 is 22.2 Å². The van der Waals surface area contributed by atoms with E-state index >= 15 is 0 Å². The Kier molecular flexibility index (Phi) is 11.3. The molecular weight excluding hydrogens is 328 g/mol. The minimum absolute atomic E-state index is 0.897. The summed E-state index contributed by atoms with van der Waals surface area (Å²) < 4.78 is 18.5. The lowest BCUT2D eigenvalue weighted by atomic mass is 10.3. The zero-order chi connectivity index (χ0) is 18.0. The third kappa shape index (κ3) is 11.5. The van der Waals surface area contributed by atoms with Crippen LogP contribution in [0.25, 0.3) is 0 Å². The van der Waals surface area contributed by atoms with Gasteiger partial charge in [0.15, 0.2) is 0 Å². The third-order valence-corrected chi connectivity index (χ3v) is 8.12. The van der Waals surface area contributed by atoms with Gasteiger partial charge in [-0.25, -0.2) is 0 Å². The van der Waals surface area contributed by atoms with Crippen LogP contribution in [0.2, 0.25) is 6.04 Å². The first-order chi connectivity index (χ1) is 10.6. The number of hydrogen-bond acceptors (Lipinski definition) is 4. The second kappa shape index (κ2) is 11.1. The minimum Gasteiger partial charge on any atom is -0.377 e. The maximum absolute atomic E-state index is 5.44. The van der Waals surface area contributed by atoms with Gasteiger partial charge in [0, 0.05) is 33.8 Å². The van der Waals surface area contributed by atoms with E-state index in [-0.39, 0.29) is 0 Å². The van der Waals surface area contributed by atoms with Gasteiger partial charge in [-0.05, 0) is 17.9 Å². The Morgan fingerprint density at radius 1 is 0.739 bits per heavy atom. The summed E-state index contributed by atoms with van der Waals surface area (Å²) in [5, 5.41) is 0. The van der Waals surface area contributed by atoms with Crippen molar-refractivity contribution in [3.63, 3.8) is 0 Å². The van der Waals surface area contributed by atoms with E-state index in [1.807, 2.05) is 11.8 Å². The smallest absolute Gasteiger partial charge is 0.377 e. The van der Waals surface area contributed by atoms with Crippen molar-refractivity contribution in [1.29, 1.82) is 0 Å². The molecule has 0 saturated carbocycles. The fraction of sp³-hybridized carbons (Fsp3) is 1.00. The molecule has 7 heteroatoms. The van der Waals surface area contributed by atoms with Crippen LogP contribution in [0.4, 0.5) is 0 Å². The van der Waals surface area contributed by atoms with Gasteiger partial charge in [-0.3, -0.25) is 0 Å². The van der Waals surface area contributed by atoms with Gasteiger partial charge in [-0.15, -0.1) is 0 Å². The largest absolute Gasteiger partial charge is 0.500 e. The molecule has 0 aromatic heterocycles. The lowest BCUT2D eigenvalue weighted by Crippen LogP contribution is -2.49. The maximum atomic E-state index is 5.44. The molecule has 0 aliphatic heterocycles. The SMILES string of the molecule is CO[Si](CCCSCCC[N+](C)(C)CC[N+](C)(C)C)(OC)OC. The van der Waals surface area contributed by atoms with Crippen LogP contribution >= 0.6 is 11.8 Å². The Morgan fingerprint density at radius 3 is 1.74 bits per heavy atom. The molecule has 23 heavy (non-hydrogen) atoms. The van der Waals surface area contributed by atoms with Gasteiger partial charge in [-0.1, -0.05) is 0 Å². The fourth-order valence-electron chi connectivity index (χ4n) is 2.33. The number of nitrogens with zero attached hydrogens (tertiary/aromatic N) is 2. The normalized spacial score (nSPS) is 13.6. The van der Waals surface area contributed by atoms with Crippen LogP contribution in [-0.4, -0.2) is 105 Å². The van der Waals surface area contributed by atoms with Crippen molar-refractivity contribution in [3.8, 4) is 0 Å². The number of rotatable bonds is 14. The lowest BCUT2D eigenvalue weighted by Gasteiger charge is -2.33. The highest BCUT2D eigenvalue weighted by atomic mass is 32.2. The summed E-state index contributed by atoms with van der Waals surface area (Å²) >= 11 is 2.03. The molecule has 0 rings (SSSR count). The first kappa shape index (κ1) is 23.4. The molecule has 0 heterocycles. The summed E-state index contributed by atoms with van der Waals surface area (Å²) in [6.45, 7) is 3.70. The Bertz CT molecular complexity index is 300. The van der Waals surface area contributed by atoms with Crippen LogP contribution < -0.4 is 0 Å². The van der Waals surface area contributed by atoms with Crippen LogP contribution in [0.3, 0.4) is 0 Å². The average Bonchev–Trinajstić information content (AvgIpc) is 2.48. The predicted molar refractivity (Wildman–Crippen MR) is 103 cm³/mol. The zero-order valence-corrected chi connectivity index (χ0v) is 18.5. The zero-order valence-electron chi connectivity index (χ0n) is 16.7. The van der Waals surface area contributed by atoms with Crippen molar-refractivity contribution in [2.45, 2.75) is 18.9 Å². The summed E-state index contributed by atoms with van der Waals surface area (Å²) in [5.74, 6) is 2.38. The summed E-state index contributed by atoms with van der Waals surface area (Å²) in [6.07, 6.45) is 2.36. The summed E-state index contributed by atoms with van der Waals surface area (Å²) in [4.78, 5) is 0. The number of hydrogen-bond donors (Lipinski definition) is 0. The van der Waals surface area contributed by atoms with Crippen molar-refractivity contribution >= 4 is 20.6 Å². The van der Waals surface area contributed by atoms with Gasteiger partial charge >= 0.3 is 8.80 Å². The van der Waals surface area contributed by atoms with Gasteiger partial charge in [0.05, 0.1) is 41.8 Å². The van der Waals surface area contributed by atoms with Crippen LogP contribution in [0.5, 0.6) is 0 Å². The molecule has 0 unspecified atom stereocenters. The fourth-order valence-corrected chi connectivity index (χ4v) is 5.19. The van der Waals surface area contributed by atoms with E-state index in [0.29, 0.717) is 0 Å². The molecule has 140 valence electrons. The lowest BCUT2D eigenvalue weighted by molar-refractivity contribution is -0.937. The van der Waals surface area contributed by atoms with E-state index in [1.54, 1.807) is 21.3 Å². The van der Waals surface area contributed by atoms with Crippen molar-refractivity contribution in [1.82, 2.24) is 0 Å². The molecule has 5 nitrogen and oxygen atoms in total. The van der Waals surface area contributed by atoms with E-state index in [0.717, 1.165) is 27.2 Å². The first-order valence-corrected chi connectivity index (χ1v) is 11.5. The van der Waals surface area contributed by atoms with Gasteiger partial charge in [0.2, 0.25) is 0 Å². The van der Waals surface area contributed by atoms with Crippen molar-refractivity contribution in [2.24, 2.45) is 0 Å². The number of thioether (sulfide) groups is 1.